The Morgan fingerprint density at radius 1 is 1.37 bits per heavy atom. The van der Waals surface area contributed by atoms with E-state index < -0.39 is 6.29 Å². The monoisotopic (exact) mass is 259 g/mol. The molecule has 0 aliphatic carbocycles. The molecule has 0 unspecified atom stereocenters. The molecule has 2 rings (SSSR count). The summed E-state index contributed by atoms with van der Waals surface area (Å²) in [6.07, 6.45) is 0.567. The van der Waals surface area contributed by atoms with Gasteiger partial charge in [0.2, 0.25) is 0 Å². The number of ether oxygens (including phenoxy) is 2. The van der Waals surface area contributed by atoms with Gasteiger partial charge in [-0.05, 0) is 18.2 Å². The Morgan fingerprint density at radius 2 is 2.11 bits per heavy atom. The fraction of sp³-hybridized carbons (Fsp3) is 0.214. The number of benzene rings is 1. The lowest BCUT2D eigenvalue weighted by molar-refractivity contribution is -0.105. The molecule has 0 aliphatic rings. The number of fused-ring (bicyclic) bond motifs is 1. The summed E-state index contributed by atoms with van der Waals surface area (Å²) >= 11 is 0. The van der Waals surface area contributed by atoms with Crippen molar-refractivity contribution in [3.05, 3.63) is 41.7 Å². The molecule has 0 saturated heterocycles. The minimum atomic E-state index is -0.453. The van der Waals surface area contributed by atoms with Crippen LogP contribution >= 0.6 is 0 Å². The van der Waals surface area contributed by atoms with Crippen LogP contribution in [-0.2, 0) is 9.47 Å². The van der Waals surface area contributed by atoms with E-state index in [4.69, 9.17) is 19.2 Å². The second kappa shape index (κ2) is 5.57. The minimum Gasteiger partial charge on any atom is -0.504 e. The van der Waals surface area contributed by atoms with Gasteiger partial charge in [-0.15, -0.1) is 0 Å². The van der Waals surface area contributed by atoms with E-state index in [1.807, 2.05) is 12.1 Å². The van der Waals surface area contributed by atoms with Crippen molar-refractivity contribution in [2.75, 3.05) is 14.2 Å². The molecule has 0 radical (unpaired) electrons. The summed E-state index contributed by atoms with van der Waals surface area (Å²) in [5.74, 6) is 0.0513. The molecular formula is C14H13NO4. The molecule has 1 N–H and O–H groups in total. The molecule has 1 heterocycles. The Bertz CT molecular complexity index is 647. The number of furan rings is 1. The summed E-state index contributed by atoms with van der Waals surface area (Å²) in [4.78, 5) is 0. The van der Waals surface area contributed by atoms with Crippen LogP contribution in [0, 0.1) is 11.3 Å². The maximum Gasteiger partial charge on any atom is 0.183 e. The van der Waals surface area contributed by atoms with Crippen LogP contribution in [0.4, 0.5) is 0 Å². The number of nitriles is 1. The van der Waals surface area contributed by atoms with Gasteiger partial charge in [0.05, 0.1) is 12.1 Å². The van der Waals surface area contributed by atoms with E-state index in [9.17, 15) is 5.11 Å². The summed E-state index contributed by atoms with van der Waals surface area (Å²) in [7, 11) is 3.11. The Morgan fingerprint density at radius 3 is 2.74 bits per heavy atom. The fourth-order valence-electron chi connectivity index (χ4n) is 1.84. The average Bonchev–Trinajstić information content (AvgIpc) is 2.83. The topological polar surface area (TPSA) is 75.6 Å². The van der Waals surface area contributed by atoms with Gasteiger partial charge in [0.15, 0.2) is 17.8 Å². The lowest BCUT2D eigenvalue weighted by atomic mass is 10.1. The van der Waals surface area contributed by atoms with Gasteiger partial charge in [0.25, 0.3) is 0 Å². The fourth-order valence-corrected chi connectivity index (χ4v) is 1.84. The normalized spacial score (nSPS) is 12.0. The number of rotatable bonds is 4. The van der Waals surface area contributed by atoms with Crippen LogP contribution in [-0.4, -0.2) is 19.3 Å². The first-order chi connectivity index (χ1) is 9.19. The number of nitrogens with zero attached hydrogens (tertiary/aromatic N) is 1. The molecule has 0 saturated carbocycles. The predicted octanol–water partition coefficient (Wildman–Crippen LogP) is 3.15. The molecule has 5 nitrogen and oxygen atoms in total. The molecule has 1 aromatic heterocycles. The number of hydrogen-bond acceptors (Lipinski definition) is 5. The van der Waals surface area contributed by atoms with E-state index in [1.165, 1.54) is 0 Å². The Hall–Kier alpha value is -2.29. The molecule has 2 aromatic rings. The van der Waals surface area contributed by atoms with Gasteiger partial charge < -0.3 is 19.0 Å². The minimum absolute atomic E-state index is 0.199. The molecule has 0 bridgehead atoms. The van der Waals surface area contributed by atoms with Crippen LogP contribution in [0.3, 0.4) is 0 Å². The summed E-state index contributed by atoms with van der Waals surface area (Å²) in [5.41, 5.74) is 1.45. The van der Waals surface area contributed by atoms with Crippen molar-refractivity contribution in [1.82, 2.24) is 0 Å². The van der Waals surface area contributed by atoms with Crippen molar-refractivity contribution in [1.29, 1.82) is 5.26 Å². The molecule has 0 atom stereocenters. The third-order valence-corrected chi connectivity index (χ3v) is 2.69. The molecule has 0 amide bonds. The van der Waals surface area contributed by atoms with Crippen LogP contribution in [0.15, 0.2) is 34.8 Å². The molecule has 0 aliphatic heterocycles. The van der Waals surface area contributed by atoms with Crippen LogP contribution in [0.1, 0.15) is 17.6 Å². The number of aliphatic hydroxyl groups is 1. The highest BCUT2D eigenvalue weighted by molar-refractivity contribution is 5.81. The largest absolute Gasteiger partial charge is 0.504 e. The van der Waals surface area contributed by atoms with Crippen molar-refractivity contribution in [2.24, 2.45) is 0 Å². The van der Waals surface area contributed by atoms with E-state index in [1.54, 1.807) is 32.4 Å². The van der Waals surface area contributed by atoms with Gasteiger partial charge in [-0.3, -0.25) is 0 Å². The number of methoxy groups -OCH3 is 2. The average molecular weight is 259 g/mol. The van der Waals surface area contributed by atoms with Crippen LogP contribution in [0.25, 0.3) is 16.7 Å². The molecule has 5 heteroatoms. The highest BCUT2D eigenvalue weighted by Gasteiger charge is 2.12. The predicted molar refractivity (Wildman–Crippen MR) is 69.2 cm³/mol. The smallest absolute Gasteiger partial charge is 0.183 e. The number of aliphatic hydroxyl groups excluding tert-OH is 1. The van der Waals surface area contributed by atoms with E-state index >= 15 is 0 Å². The second-order valence-electron chi connectivity index (χ2n) is 3.87. The quantitative estimate of drug-likeness (QED) is 0.518. The maximum absolute atomic E-state index is 9.59. The van der Waals surface area contributed by atoms with Gasteiger partial charge >= 0.3 is 0 Å². The Kier molecular flexibility index (Phi) is 3.85. The zero-order chi connectivity index (χ0) is 13.8. The lowest BCUT2D eigenvalue weighted by Gasteiger charge is -2.13. The first-order valence-electron chi connectivity index (χ1n) is 5.57. The van der Waals surface area contributed by atoms with Gasteiger partial charge in [0, 0.05) is 25.2 Å². The van der Waals surface area contributed by atoms with E-state index in [0.29, 0.717) is 5.58 Å². The van der Waals surface area contributed by atoms with Gasteiger partial charge in [-0.2, -0.15) is 5.26 Å². The van der Waals surface area contributed by atoms with Crippen molar-refractivity contribution in [3.8, 4) is 6.07 Å². The van der Waals surface area contributed by atoms with Gasteiger partial charge in [-0.25, -0.2) is 0 Å². The molecule has 1 aromatic carbocycles. The molecule has 0 spiro atoms. The Balaban J connectivity index is 2.44. The first kappa shape index (κ1) is 13.1. The first-order valence-corrected chi connectivity index (χ1v) is 5.57. The van der Waals surface area contributed by atoms with Crippen LogP contribution in [0.2, 0.25) is 0 Å². The summed E-state index contributed by atoms with van der Waals surface area (Å²) in [5, 5.41) is 18.9. The molecule has 0 fully saturated rings. The number of hydrogen-bond donors (Lipinski definition) is 1. The maximum atomic E-state index is 9.59. The zero-order valence-electron chi connectivity index (χ0n) is 10.6. The third kappa shape index (κ3) is 2.60. The summed E-state index contributed by atoms with van der Waals surface area (Å²) in [6, 6.07) is 8.83. The molecular weight excluding hydrogens is 246 g/mol. The number of allylic oxidation sites excluding steroid dienone is 1. The highest BCUT2D eigenvalue weighted by Crippen LogP contribution is 2.27. The van der Waals surface area contributed by atoms with E-state index in [2.05, 4.69) is 0 Å². The molecule has 19 heavy (non-hydrogen) atoms. The second-order valence-corrected chi connectivity index (χ2v) is 3.87. The zero-order valence-corrected chi connectivity index (χ0v) is 10.6. The van der Waals surface area contributed by atoms with Gasteiger partial charge in [-0.1, -0.05) is 6.07 Å². The van der Waals surface area contributed by atoms with Crippen molar-refractivity contribution >= 4 is 16.7 Å². The third-order valence-electron chi connectivity index (χ3n) is 2.69. The van der Waals surface area contributed by atoms with E-state index in [0.717, 1.165) is 17.0 Å². The SMILES string of the molecule is COC(OC)c1ccc2oc(/C(O)=C/C#N)cc2c1. The van der Waals surface area contributed by atoms with Crippen molar-refractivity contribution in [3.63, 3.8) is 0 Å². The van der Waals surface area contributed by atoms with Gasteiger partial charge in [0.1, 0.15) is 5.58 Å². The van der Waals surface area contributed by atoms with Crippen LogP contribution in [0.5, 0.6) is 0 Å². The highest BCUT2D eigenvalue weighted by atomic mass is 16.7. The summed E-state index contributed by atoms with van der Waals surface area (Å²) in [6.45, 7) is 0. The molecule has 98 valence electrons. The summed E-state index contributed by atoms with van der Waals surface area (Å²) < 4.78 is 15.8. The van der Waals surface area contributed by atoms with Crippen LogP contribution < -0.4 is 0 Å². The van der Waals surface area contributed by atoms with Crippen molar-refractivity contribution < 1.29 is 19.0 Å². The standard InChI is InChI=1S/C14H13NO4/c1-17-14(18-2)9-3-4-12-10(7-9)8-13(19-12)11(16)5-6-15/h3-5,7-8,14,16H,1-2H3/b11-5-. The van der Waals surface area contributed by atoms with E-state index in [-0.39, 0.29) is 11.5 Å². The lowest BCUT2D eigenvalue weighted by Crippen LogP contribution is -2.02. The van der Waals surface area contributed by atoms with Crippen molar-refractivity contribution in [2.45, 2.75) is 6.29 Å². The Labute approximate surface area is 110 Å².